The summed E-state index contributed by atoms with van der Waals surface area (Å²) in [5.74, 6) is -0.818. The molecule has 6 N–H and O–H groups in total. The third kappa shape index (κ3) is 28.2. The minimum absolute atomic E-state index is 0.0370. The summed E-state index contributed by atoms with van der Waals surface area (Å²) in [6.45, 7) is 15.7. The van der Waals surface area contributed by atoms with Gasteiger partial charge in [0, 0.05) is 44.4 Å². The van der Waals surface area contributed by atoms with Gasteiger partial charge in [-0.2, -0.15) is 0 Å². The first-order chi connectivity index (χ1) is 36.8. The molecule has 18 nitrogen and oxygen atoms in total. The van der Waals surface area contributed by atoms with E-state index in [1.54, 1.807) is 59.3 Å². The molecule has 0 bridgehead atoms. The SMILES string of the molecule is C1CCOCC1.CC(C)(C)OC(=O)c1cc(Cl)nc(Cl)c1.CC(C)(C)OC(=O)c1cc(Cl)nc(NC2CCC2)c1.NC1CCC1.O=C(O)c1cc(Cl)nc(Cl)c1.O=C(O)c1cc(NC2CCC2)nc(N2CCOCC2)c1.[Cu][I]. The standard InChI is InChI=1S/C14H19ClN2O2.C14H19N3O3.C10H11Cl2NO2.C6H3Cl2NO2.C5H10O.C4H9N.Cu.HI/c1-14(2,3)19-13(18)9-7-11(15)17-12(8-9)16-10-5-4-6-10;18-14(19)10-8-12(15-11-2-1-3-11)16-13(9-10)17-4-6-20-7-5-17;1-10(2,3)15-9(14)6-4-7(11)13-8(12)5-6;7-4-1-3(6(10)11)2-5(8)9-4;1-2-4-6-5-3-1;5-4-2-1-3-4;;/h7-8,10H,4-6H2,1-3H3,(H,16,17);8-9,11H,1-7H2,(H,15,16)(H,18,19);4-5H,1-3H3;1-2H,(H,10,11);1-5H2;4H,1-3,5H2;;1H/q;;;;;;+1;/p-1. The summed E-state index contributed by atoms with van der Waals surface area (Å²) in [4.78, 5) is 63.3. The van der Waals surface area contributed by atoms with E-state index in [1.165, 1.54) is 81.7 Å². The quantitative estimate of drug-likeness (QED) is 0.0452. The van der Waals surface area contributed by atoms with Crippen molar-refractivity contribution in [2.24, 2.45) is 5.73 Å². The second-order valence-electron chi connectivity index (χ2n) is 20.3. The molecule has 0 amide bonds. The van der Waals surface area contributed by atoms with Crippen LogP contribution >= 0.6 is 78.3 Å². The molecule has 4 aromatic rings. The van der Waals surface area contributed by atoms with Gasteiger partial charge >= 0.3 is 57.0 Å². The van der Waals surface area contributed by atoms with E-state index in [2.05, 4.69) is 48.2 Å². The fourth-order valence-electron chi connectivity index (χ4n) is 6.85. The molecule has 0 radical (unpaired) electrons. The monoisotopic (exact) mass is 1340 g/mol. The zero-order chi connectivity index (χ0) is 58.0. The number of hydrogen-bond donors (Lipinski definition) is 5. The molecule has 5 fully saturated rings. The number of aromatic carboxylic acids is 2. The molecule has 9 rings (SSSR count). The predicted octanol–water partition coefficient (Wildman–Crippen LogP) is 13.2. The van der Waals surface area contributed by atoms with Crippen LogP contribution < -0.4 is 21.3 Å². The number of halogens is 6. The number of hydrogen-bond acceptors (Lipinski definition) is 16. The van der Waals surface area contributed by atoms with Crippen LogP contribution in [0.1, 0.15) is 160 Å². The summed E-state index contributed by atoms with van der Waals surface area (Å²) in [6.07, 6.45) is 14.8. The number of nitrogens with two attached hydrogens (primary N) is 1. The van der Waals surface area contributed by atoms with Gasteiger partial charge in [-0.3, -0.25) is 0 Å². The zero-order valence-electron chi connectivity index (χ0n) is 44.6. The fraction of sp³-hybridized carbons (Fsp3) is 0.547. The molecule has 2 saturated heterocycles. The van der Waals surface area contributed by atoms with Crippen molar-refractivity contribution in [2.75, 3.05) is 55.1 Å². The van der Waals surface area contributed by atoms with Crippen molar-refractivity contribution in [2.45, 2.75) is 148 Å². The molecule has 25 heteroatoms. The maximum absolute atomic E-state index is 12.0. The van der Waals surface area contributed by atoms with Gasteiger partial charge in [0.15, 0.2) is 0 Å². The number of rotatable bonds is 9. The Bertz CT molecular complexity index is 2470. The van der Waals surface area contributed by atoms with Crippen molar-refractivity contribution in [1.29, 1.82) is 0 Å². The van der Waals surface area contributed by atoms with Crippen molar-refractivity contribution in [3.63, 3.8) is 0 Å². The molecule has 5 aliphatic rings. The van der Waals surface area contributed by atoms with E-state index < -0.39 is 29.1 Å². The number of nitrogens with zero attached hydrogens (tertiary/aromatic N) is 5. The number of morpholine rings is 1. The average Bonchev–Trinajstić information content (AvgIpc) is 3.34. The molecule has 3 saturated carbocycles. The van der Waals surface area contributed by atoms with E-state index >= 15 is 0 Å². The van der Waals surface area contributed by atoms with Crippen LogP contribution in [0, 0.1) is 0 Å². The summed E-state index contributed by atoms with van der Waals surface area (Å²) in [6, 6.07) is 13.2. The van der Waals surface area contributed by atoms with Crippen LogP contribution in [0.15, 0.2) is 48.5 Å². The first kappa shape index (κ1) is 68.7. The second-order valence-corrected chi connectivity index (χ2v) is 22.2. The molecule has 6 heterocycles. The molecule has 0 spiro atoms. The summed E-state index contributed by atoms with van der Waals surface area (Å²) in [7, 11) is 0. The second kappa shape index (κ2) is 35.3. The Morgan fingerprint density at radius 3 is 1.23 bits per heavy atom. The molecule has 436 valence electrons. The zero-order valence-corrected chi connectivity index (χ0v) is 51.5. The van der Waals surface area contributed by atoms with Crippen molar-refractivity contribution in [1.82, 2.24) is 19.9 Å². The van der Waals surface area contributed by atoms with Crippen molar-refractivity contribution in [3.8, 4) is 0 Å². The topological polar surface area (TPSA) is 251 Å². The normalized spacial score (nSPS) is 16.0. The molecule has 3 aliphatic carbocycles. The minimum atomic E-state index is -1.07. The Hall–Kier alpha value is -3.54. The number of ether oxygens (including phenoxy) is 4. The van der Waals surface area contributed by atoms with Crippen molar-refractivity contribution in [3.05, 3.63) is 96.6 Å². The number of carbonyl (C=O) groups excluding carboxylic acids is 2. The van der Waals surface area contributed by atoms with Gasteiger partial charge in [-0.1, -0.05) is 64.4 Å². The van der Waals surface area contributed by atoms with Crippen LogP contribution in [0.2, 0.25) is 25.8 Å². The molecule has 78 heavy (non-hydrogen) atoms. The van der Waals surface area contributed by atoms with Gasteiger partial charge in [-0.15, -0.1) is 0 Å². The Balaban J connectivity index is 0.000000257. The molecular formula is C53H71Cl5CuIN8O10. The van der Waals surface area contributed by atoms with Gasteiger partial charge < -0.3 is 50.4 Å². The fourth-order valence-corrected chi connectivity index (χ4v) is 7.98. The van der Waals surface area contributed by atoms with Gasteiger partial charge in [-0.05, 0) is 161 Å². The summed E-state index contributed by atoms with van der Waals surface area (Å²) >= 11 is 34.0. The van der Waals surface area contributed by atoms with E-state index in [-0.39, 0.29) is 37.7 Å². The predicted molar refractivity (Wildman–Crippen MR) is 312 cm³/mol. The Morgan fingerprint density at radius 2 is 0.897 bits per heavy atom. The van der Waals surface area contributed by atoms with Gasteiger partial charge in [0.1, 0.15) is 54.4 Å². The maximum atomic E-state index is 12.0. The number of aromatic nitrogens is 4. The summed E-state index contributed by atoms with van der Waals surface area (Å²) < 4.78 is 20.9. The first-order valence-corrected chi connectivity index (χ1v) is 30.3. The number of nitrogens with one attached hydrogen (secondary N) is 2. The van der Waals surface area contributed by atoms with Crippen LogP contribution in [0.4, 0.5) is 17.5 Å². The molecule has 0 atom stereocenters. The third-order valence-corrected chi connectivity index (χ3v) is 12.3. The van der Waals surface area contributed by atoms with E-state index in [0.29, 0.717) is 59.3 Å². The number of anilines is 3. The van der Waals surface area contributed by atoms with Crippen LogP contribution in [-0.2, 0) is 31.7 Å². The molecule has 0 aromatic carbocycles. The number of carboxylic acid groups (broad SMARTS) is 2. The number of carbonyl (C=O) groups is 4. The van der Waals surface area contributed by atoms with Crippen LogP contribution in [-0.4, -0.2) is 123 Å². The van der Waals surface area contributed by atoms with Gasteiger partial charge in [-0.25, -0.2) is 39.1 Å². The molecule has 2 aliphatic heterocycles. The summed E-state index contributed by atoms with van der Waals surface area (Å²) in [5, 5.41) is 25.1. The van der Waals surface area contributed by atoms with E-state index in [4.69, 9.17) is 87.8 Å². The Morgan fingerprint density at radius 1 is 0.551 bits per heavy atom. The number of pyridine rings is 4. The van der Waals surface area contributed by atoms with Crippen molar-refractivity contribution >= 4 is 120 Å². The van der Waals surface area contributed by atoms with Gasteiger partial charge in [0.25, 0.3) is 0 Å². The van der Waals surface area contributed by atoms with Gasteiger partial charge in [0.2, 0.25) is 0 Å². The summed E-state index contributed by atoms with van der Waals surface area (Å²) in [5.41, 5.74) is 5.36. The van der Waals surface area contributed by atoms with E-state index in [1.807, 2.05) is 20.8 Å². The molecule has 4 aromatic heterocycles. The van der Waals surface area contributed by atoms with Crippen LogP contribution in [0.25, 0.3) is 0 Å². The Kier molecular flexibility index (Phi) is 31.1. The number of esters is 2. The third-order valence-electron chi connectivity index (χ3n) is 11.4. The van der Waals surface area contributed by atoms with E-state index in [0.717, 1.165) is 57.8 Å². The first-order valence-electron chi connectivity index (χ1n) is 25.4. The van der Waals surface area contributed by atoms with Crippen LogP contribution in [0.5, 0.6) is 0 Å². The average molecular weight is 1350 g/mol. The van der Waals surface area contributed by atoms with Crippen molar-refractivity contribution < 1.29 is 61.1 Å². The number of carboxylic acids is 2. The molecule has 0 unspecified atom stereocenters. The van der Waals surface area contributed by atoms with Gasteiger partial charge in [0.05, 0.1) is 35.5 Å². The molecular weight excluding hydrogens is 1280 g/mol. The van der Waals surface area contributed by atoms with E-state index in [9.17, 15) is 24.3 Å². The van der Waals surface area contributed by atoms with Crippen LogP contribution in [0.3, 0.4) is 0 Å². The Labute approximate surface area is 502 Å².